The largest absolute Gasteiger partial charge is 0.484 e. The smallest absolute Gasteiger partial charge is 0.262 e. The molecule has 200 valence electrons. The van der Waals surface area contributed by atoms with E-state index in [0.717, 1.165) is 48.5 Å². The first kappa shape index (κ1) is 26.8. The third-order valence-electron chi connectivity index (χ3n) is 6.19. The summed E-state index contributed by atoms with van der Waals surface area (Å²) in [4.78, 5) is 26.3. The minimum absolute atomic E-state index is 0.0802. The van der Waals surface area contributed by atoms with Crippen LogP contribution in [0.3, 0.4) is 0 Å². The Hall–Kier alpha value is -3.25. The zero-order valence-corrected chi connectivity index (χ0v) is 21.7. The van der Waals surface area contributed by atoms with E-state index in [1.165, 1.54) is 24.3 Å². The van der Waals surface area contributed by atoms with Gasteiger partial charge in [-0.3, -0.25) is 4.79 Å². The maximum absolute atomic E-state index is 12.4. The molecule has 12 heteroatoms. The van der Waals surface area contributed by atoms with E-state index < -0.39 is 17.1 Å². The number of ether oxygens (including phenoxy) is 2. The Morgan fingerprint density at radius 3 is 2.32 bits per heavy atom. The van der Waals surface area contributed by atoms with Crippen molar-refractivity contribution in [3.8, 4) is 11.5 Å². The molecule has 0 radical (unpaired) electrons. The monoisotopic (exact) mass is 537 g/mol. The number of rotatable bonds is 9. The molecule has 1 aliphatic heterocycles. The first-order chi connectivity index (χ1) is 17.6. The van der Waals surface area contributed by atoms with Gasteiger partial charge in [-0.25, -0.2) is 9.97 Å². The van der Waals surface area contributed by atoms with Gasteiger partial charge in [-0.15, -0.1) is 11.7 Å². The highest BCUT2D eigenvalue weighted by Gasteiger charge is 2.23. The lowest BCUT2D eigenvalue weighted by Crippen LogP contribution is -2.42. The number of anilines is 2. The van der Waals surface area contributed by atoms with Crippen molar-refractivity contribution in [2.24, 2.45) is 0 Å². The van der Waals surface area contributed by atoms with E-state index in [1.54, 1.807) is 6.07 Å². The topological polar surface area (TPSA) is 79.8 Å². The van der Waals surface area contributed by atoms with Crippen molar-refractivity contribution >= 4 is 39.6 Å². The number of piperidine rings is 1. The Bertz CT molecular complexity index is 1230. The third-order valence-corrected chi connectivity index (χ3v) is 6.57. The molecule has 1 amide bonds. The summed E-state index contributed by atoms with van der Waals surface area (Å²) in [6.07, 6.45) is 2.13. The molecule has 0 aliphatic carbocycles. The number of nitrogens with zero attached hydrogens (tertiary/aromatic N) is 4. The third kappa shape index (κ3) is 7.39. The van der Waals surface area contributed by atoms with Crippen LogP contribution in [0.15, 0.2) is 42.5 Å². The Morgan fingerprint density at radius 1 is 1.05 bits per heavy atom. The second kappa shape index (κ2) is 11.4. The van der Waals surface area contributed by atoms with Gasteiger partial charge in [-0.05, 0) is 76.3 Å². The second-order valence-electron chi connectivity index (χ2n) is 9.10. The molecule has 37 heavy (non-hydrogen) atoms. The van der Waals surface area contributed by atoms with Crippen molar-refractivity contribution in [2.75, 3.05) is 49.9 Å². The summed E-state index contributed by atoms with van der Waals surface area (Å²) in [7, 11) is 4.22. The highest BCUT2D eigenvalue weighted by Crippen LogP contribution is 2.52. The molecular formula is C25H30F3N5O3S. The first-order valence-corrected chi connectivity index (χ1v) is 13.3. The van der Waals surface area contributed by atoms with Gasteiger partial charge in [0.2, 0.25) is 17.1 Å². The molecule has 1 N–H and O–H groups in total. The van der Waals surface area contributed by atoms with E-state index in [4.69, 9.17) is 19.4 Å². The molecule has 0 atom stereocenters. The first-order valence-electron chi connectivity index (χ1n) is 11.8. The molecule has 0 saturated carbocycles. The van der Waals surface area contributed by atoms with Crippen molar-refractivity contribution in [3.63, 3.8) is 0 Å². The summed E-state index contributed by atoms with van der Waals surface area (Å²) < 4.78 is 47.1. The summed E-state index contributed by atoms with van der Waals surface area (Å²) in [6, 6.07) is 11.7. The van der Waals surface area contributed by atoms with Crippen LogP contribution in [0.4, 0.5) is 23.3 Å². The Balaban J connectivity index is 1.33. The Morgan fingerprint density at radius 2 is 1.70 bits per heavy atom. The molecule has 2 heterocycles. The van der Waals surface area contributed by atoms with Crippen molar-refractivity contribution in [1.82, 2.24) is 14.9 Å². The van der Waals surface area contributed by atoms with Crippen LogP contribution in [-0.4, -0.2) is 66.5 Å². The predicted octanol–water partition coefficient (Wildman–Crippen LogP) is 5.28. The van der Waals surface area contributed by atoms with Gasteiger partial charge in [0.25, 0.3) is 5.91 Å². The number of hydrogen-bond donors (Lipinski definition) is 1. The fourth-order valence-electron chi connectivity index (χ4n) is 4.18. The van der Waals surface area contributed by atoms with Gasteiger partial charge in [0.1, 0.15) is 11.5 Å². The number of aryl methyl sites for hydroxylation is 1. The van der Waals surface area contributed by atoms with E-state index in [0.29, 0.717) is 17.5 Å². The van der Waals surface area contributed by atoms with Gasteiger partial charge in [0, 0.05) is 30.2 Å². The van der Waals surface area contributed by atoms with E-state index in [-0.39, 0.29) is 18.3 Å². The normalized spacial score (nSPS) is 15.2. The molecule has 1 saturated heterocycles. The standard InChI is InChI=1S/C25H30F3N5O3S/c1-17-22-14-18(4-9-23(22)31-25(29-17)33-12-10-19(11-13-33)32(2)3)30-24(34)15-35-20-5-7-21(8-6-20)36-16-37(26,27)28/h4-9,14,19H,10-13,15-16H2,1-3H3,(H,30,34). The van der Waals surface area contributed by atoms with E-state index in [9.17, 15) is 16.5 Å². The number of amides is 1. The average Bonchev–Trinajstić information content (AvgIpc) is 2.86. The molecule has 4 rings (SSSR count). The van der Waals surface area contributed by atoms with Gasteiger partial charge < -0.3 is 24.6 Å². The molecule has 8 nitrogen and oxygen atoms in total. The molecule has 3 aromatic rings. The zero-order chi connectivity index (χ0) is 26.6. The van der Waals surface area contributed by atoms with Crippen LogP contribution in [-0.2, 0) is 4.79 Å². The molecular weight excluding hydrogens is 507 g/mol. The highest BCUT2D eigenvalue weighted by atomic mass is 32.3. The van der Waals surface area contributed by atoms with Gasteiger partial charge in [0.15, 0.2) is 12.5 Å². The fraction of sp³-hybridized carbons (Fsp3) is 0.400. The molecule has 1 aliphatic rings. The lowest BCUT2D eigenvalue weighted by molar-refractivity contribution is -0.118. The van der Waals surface area contributed by atoms with E-state index in [2.05, 4.69) is 29.2 Å². The summed E-state index contributed by atoms with van der Waals surface area (Å²) in [6.45, 7) is 3.48. The molecule has 1 fully saturated rings. The van der Waals surface area contributed by atoms with E-state index in [1.807, 2.05) is 19.1 Å². The number of hydrogen-bond acceptors (Lipinski definition) is 7. The van der Waals surface area contributed by atoms with Crippen LogP contribution in [0, 0.1) is 6.92 Å². The Labute approximate surface area is 216 Å². The summed E-state index contributed by atoms with van der Waals surface area (Å²) in [5.41, 5.74) is 2.23. The summed E-state index contributed by atoms with van der Waals surface area (Å²) >= 11 is -5.23. The number of benzene rings is 2. The van der Waals surface area contributed by atoms with Gasteiger partial charge >= 0.3 is 0 Å². The molecule has 0 unspecified atom stereocenters. The summed E-state index contributed by atoms with van der Waals surface area (Å²) in [5.74, 6) is -0.520. The number of fused-ring (bicyclic) bond motifs is 1. The van der Waals surface area contributed by atoms with Crippen molar-refractivity contribution < 1.29 is 25.9 Å². The number of carbonyl (C=O) groups excluding carboxylic acids is 1. The van der Waals surface area contributed by atoms with Crippen molar-refractivity contribution in [2.45, 2.75) is 25.8 Å². The highest BCUT2D eigenvalue weighted by molar-refractivity contribution is 8.20. The van der Waals surface area contributed by atoms with Gasteiger partial charge in [-0.1, -0.05) is 0 Å². The maximum atomic E-state index is 12.4. The quantitative estimate of drug-likeness (QED) is 0.398. The van der Waals surface area contributed by atoms with Crippen LogP contribution in [0.25, 0.3) is 10.9 Å². The predicted molar refractivity (Wildman–Crippen MR) is 140 cm³/mol. The fourth-order valence-corrected chi connectivity index (χ4v) is 4.45. The minimum atomic E-state index is -5.23. The number of halogens is 3. The van der Waals surface area contributed by atoms with Crippen LogP contribution in [0.1, 0.15) is 18.5 Å². The van der Waals surface area contributed by atoms with Gasteiger partial charge in [-0.2, -0.15) is 0 Å². The lowest BCUT2D eigenvalue weighted by atomic mass is 10.0. The SMILES string of the molecule is Cc1nc(N2CCC(N(C)C)CC2)nc2ccc(NC(=O)COc3ccc(OCS(F)(F)F)cc3)cc12. The number of carbonyl (C=O) groups is 1. The minimum Gasteiger partial charge on any atom is -0.484 e. The van der Waals surface area contributed by atoms with Crippen molar-refractivity contribution in [3.05, 3.63) is 48.2 Å². The van der Waals surface area contributed by atoms with E-state index >= 15 is 0 Å². The number of aromatic nitrogens is 2. The summed E-state index contributed by atoms with van der Waals surface area (Å²) in [5, 5.41) is 3.64. The number of nitrogens with one attached hydrogen (secondary N) is 1. The lowest BCUT2D eigenvalue weighted by Gasteiger charge is -2.35. The average molecular weight is 538 g/mol. The van der Waals surface area contributed by atoms with Crippen LogP contribution in [0.2, 0.25) is 0 Å². The molecule has 1 aromatic heterocycles. The zero-order valence-electron chi connectivity index (χ0n) is 20.9. The van der Waals surface area contributed by atoms with Gasteiger partial charge in [0.05, 0.1) is 11.2 Å². The molecule has 0 spiro atoms. The molecule has 2 aromatic carbocycles. The van der Waals surface area contributed by atoms with Crippen LogP contribution >= 0.6 is 11.2 Å². The maximum Gasteiger partial charge on any atom is 0.262 e. The van der Waals surface area contributed by atoms with Crippen molar-refractivity contribution in [1.29, 1.82) is 0 Å². The van der Waals surface area contributed by atoms with Crippen LogP contribution in [0.5, 0.6) is 11.5 Å². The second-order valence-corrected chi connectivity index (χ2v) is 10.3. The van der Waals surface area contributed by atoms with Crippen LogP contribution < -0.4 is 19.7 Å². The molecule has 0 bridgehead atoms. The Kier molecular flexibility index (Phi) is 8.28.